The van der Waals surface area contributed by atoms with Crippen molar-refractivity contribution in [2.45, 2.75) is 0 Å². The van der Waals surface area contributed by atoms with Crippen molar-refractivity contribution < 1.29 is 0 Å². The fraction of sp³-hybridized carbons (Fsp3) is 0. The average molecular weight is 309 g/mol. The van der Waals surface area contributed by atoms with E-state index >= 15 is 0 Å². The summed E-state index contributed by atoms with van der Waals surface area (Å²) < 4.78 is 0. The van der Waals surface area contributed by atoms with Gasteiger partial charge < -0.3 is 0 Å². The minimum Gasteiger partial charge on any atom is -0.234 e. The summed E-state index contributed by atoms with van der Waals surface area (Å²) in [5.41, 5.74) is 0.637. The summed E-state index contributed by atoms with van der Waals surface area (Å²) in [5.74, 6) is 0.708. The first kappa shape index (κ1) is 12.5. The molecule has 4 nitrogen and oxygen atoms in total. The van der Waals surface area contributed by atoms with Crippen molar-refractivity contribution in [3.63, 3.8) is 0 Å². The van der Waals surface area contributed by atoms with Crippen LogP contribution in [-0.2, 0) is 0 Å². The van der Waals surface area contributed by atoms with Crippen LogP contribution in [0.15, 0.2) is 36.0 Å². The molecule has 0 saturated carbocycles. The van der Waals surface area contributed by atoms with E-state index in [1.807, 2.05) is 17.5 Å². The van der Waals surface area contributed by atoms with Gasteiger partial charge in [0.1, 0.15) is 10.3 Å². The van der Waals surface area contributed by atoms with Crippen LogP contribution in [0.3, 0.4) is 0 Å². The van der Waals surface area contributed by atoms with Gasteiger partial charge in [-0.1, -0.05) is 29.3 Å². The molecule has 94 valence electrons. The Morgan fingerprint density at radius 3 is 2.16 bits per heavy atom. The Morgan fingerprint density at radius 2 is 1.58 bits per heavy atom. The van der Waals surface area contributed by atoms with E-state index in [-0.39, 0.29) is 0 Å². The zero-order chi connectivity index (χ0) is 13.2. The van der Waals surface area contributed by atoms with Gasteiger partial charge in [-0.05, 0) is 17.5 Å². The molecule has 0 amide bonds. The highest BCUT2D eigenvalue weighted by atomic mass is 35.5. The van der Waals surface area contributed by atoms with Gasteiger partial charge in [-0.3, -0.25) is 0 Å². The minimum atomic E-state index is 0.296. The summed E-state index contributed by atoms with van der Waals surface area (Å²) in [6.07, 6.45) is 3.22. The van der Waals surface area contributed by atoms with E-state index in [0.29, 0.717) is 27.5 Å². The van der Waals surface area contributed by atoms with Gasteiger partial charge in [-0.2, -0.15) is 0 Å². The molecule has 0 radical (unpaired) electrons. The molecule has 0 aliphatic heterocycles. The normalized spacial score (nSPS) is 10.6. The highest BCUT2D eigenvalue weighted by Gasteiger charge is 2.16. The molecule has 3 aromatic heterocycles. The molecular formula is C12H6Cl2N4S. The zero-order valence-corrected chi connectivity index (χ0v) is 11.7. The number of thiophene rings is 1. The lowest BCUT2D eigenvalue weighted by atomic mass is 10.3. The molecule has 0 unspecified atom stereocenters. The van der Waals surface area contributed by atoms with E-state index in [0.717, 1.165) is 4.88 Å². The lowest BCUT2D eigenvalue weighted by molar-refractivity contribution is 1.08. The molecule has 0 atom stereocenters. The van der Waals surface area contributed by atoms with Gasteiger partial charge in [0.05, 0.1) is 5.56 Å². The topological polar surface area (TPSA) is 51.6 Å². The summed E-state index contributed by atoms with van der Waals surface area (Å²) >= 11 is 13.9. The fourth-order valence-electron chi connectivity index (χ4n) is 1.55. The molecule has 3 aromatic rings. The quantitative estimate of drug-likeness (QED) is 0.672. The van der Waals surface area contributed by atoms with Gasteiger partial charge in [0, 0.05) is 17.3 Å². The third kappa shape index (κ3) is 2.45. The summed E-state index contributed by atoms with van der Waals surface area (Å²) in [4.78, 5) is 17.5. The maximum Gasteiger partial charge on any atom is 0.200 e. The second kappa shape index (κ2) is 5.21. The van der Waals surface area contributed by atoms with Crippen LogP contribution in [0.5, 0.6) is 0 Å². The van der Waals surface area contributed by atoms with Crippen LogP contribution in [0, 0.1) is 0 Å². The number of aromatic nitrogens is 4. The third-order valence-electron chi connectivity index (χ3n) is 2.35. The average Bonchev–Trinajstić information content (AvgIpc) is 2.93. The first-order chi connectivity index (χ1) is 9.25. The van der Waals surface area contributed by atoms with Crippen molar-refractivity contribution >= 4 is 34.5 Å². The van der Waals surface area contributed by atoms with E-state index in [2.05, 4.69) is 19.9 Å². The molecule has 0 spiro atoms. The van der Waals surface area contributed by atoms with Crippen molar-refractivity contribution in [2.75, 3.05) is 0 Å². The second-order valence-corrected chi connectivity index (χ2v) is 5.22. The molecule has 0 saturated heterocycles. The minimum absolute atomic E-state index is 0.296. The number of nitrogens with zero attached hydrogens (tertiary/aromatic N) is 4. The number of hydrogen-bond acceptors (Lipinski definition) is 5. The highest BCUT2D eigenvalue weighted by Crippen LogP contribution is 2.36. The first-order valence-electron chi connectivity index (χ1n) is 5.30. The largest absolute Gasteiger partial charge is 0.234 e. The van der Waals surface area contributed by atoms with Crippen molar-refractivity contribution in [2.24, 2.45) is 0 Å². The van der Waals surface area contributed by atoms with Gasteiger partial charge in [0.2, 0.25) is 5.82 Å². The van der Waals surface area contributed by atoms with E-state index in [1.165, 1.54) is 11.3 Å². The van der Waals surface area contributed by atoms with Gasteiger partial charge in [0.15, 0.2) is 5.82 Å². The smallest absolute Gasteiger partial charge is 0.200 e. The predicted molar refractivity (Wildman–Crippen MR) is 76.4 cm³/mol. The molecule has 0 fully saturated rings. The van der Waals surface area contributed by atoms with Gasteiger partial charge >= 0.3 is 0 Å². The number of halogens is 2. The summed E-state index contributed by atoms with van der Waals surface area (Å²) in [5, 5.41) is 2.53. The van der Waals surface area contributed by atoms with Crippen LogP contribution in [0.4, 0.5) is 0 Å². The molecule has 3 heterocycles. The monoisotopic (exact) mass is 308 g/mol. The number of rotatable bonds is 2. The van der Waals surface area contributed by atoms with E-state index in [9.17, 15) is 0 Å². The SMILES string of the molecule is Clc1nc(-c2ncccn2)nc(Cl)c1-c1cccs1. The van der Waals surface area contributed by atoms with Crippen LogP contribution in [0.2, 0.25) is 10.3 Å². The Labute approximate surface area is 123 Å². The van der Waals surface area contributed by atoms with Crippen LogP contribution in [0.1, 0.15) is 0 Å². The first-order valence-corrected chi connectivity index (χ1v) is 6.93. The molecule has 0 aliphatic carbocycles. The van der Waals surface area contributed by atoms with Crippen molar-refractivity contribution in [3.05, 3.63) is 46.3 Å². The molecule has 19 heavy (non-hydrogen) atoms. The predicted octanol–water partition coefficient (Wildman–Crippen LogP) is 3.97. The summed E-state index contributed by atoms with van der Waals surface area (Å²) in [6.45, 7) is 0. The maximum atomic E-state index is 6.19. The Hall–Kier alpha value is -1.56. The van der Waals surface area contributed by atoms with Gasteiger partial charge in [-0.15, -0.1) is 11.3 Å². The Morgan fingerprint density at radius 1 is 0.895 bits per heavy atom. The van der Waals surface area contributed by atoms with Gasteiger partial charge in [0.25, 0.3) is 0 Å². The molecule has 0 bridgehead atoms. The Kier molecular flexibility index (Phi) is 3.42. The highest BCUT2D eigenvalue weighted by molar-refractivity contribution is 7.13. The molecule has 0 aromatic carbocycles. The molecule has 0 aliphatic rings. The zero-order valence-electron chi connectivity index (χ0n) is 9.42. The van der Waals surface area contributed by atoms with E-state index in [4.69, 9.17) is 23.2 Å². The van der Waals surface area contributed by atoms with Crippen LogP contribution >= 0.6 is 34.5 Å². The van der Waals surface area contributed by atoms with Crippen molar-refractivity contribution in [1.82, 2.24) is 19.9 Å². The fourth-order valence-corrected chi connectivity index (χ4v) is 3.02. The standard InChI is InChI=1S/C12H6Cl2N4S/c13-9-8(7-3-1-6-19-7)10(14)18-12(17-9)11-15-4-2-5-16-11/h1-6H. The maximum absolute atomic E-state index is 6.19. The van der Waals surface area contributed by atoms with Crippen LogP contribution in [-0.4, -0.2) is 19.9 Å². The molecule has 7 heteroatoms. The van der Waals surface area contributed by atoms with E-state index < -0.39 is 0 Å². The lowest BCUT2D eigenvalue weighted by Gasteiger charge is -2.05. The third-order valence-corrected chi connectivity index (χ3v) is 3.79. The number of hydrogen-bond donors (Lipinski definition) is 0. The van der Waals surface area contributed by atoms with Crippen LogP contribution in [0.25, 0.3) is 22.1 Å². The second-order valence-electron chi connectivity index (χ2n) is 3.55. The lowest BCUT2D eigenvalue weighted by Crippen LogP contribution is -1.97. The van der Waals surface area contributed by atoms with Gasteiger partial charge in [-0.25, -0.2) is 19.9 Å². The Balaban J connectivity index is 2.13. The van der Waals surface area contributed by atoms with Crippen molar-refractivity contribution in [1.29, 1.82) is 0 Å². The molecule has 0 N–H and O–H groups in total. The Bertz CT molecular complexity index is 678. The van der Waals surface area contributed by atoms with Crippen molar-refractivity contribution in [3.8, 4) is 22.1 Å². The summed E-state index contributed by atoms with van der Waals surface area (Å²) in [6, 6.07) is 5.55. The summed E-state index contributed by atoms with van der Waals surface area (Å²) in [7, 11) is 0. The molecule has 3 rings (SSSR count). The molecular weight excluding hydrogens is 303 g/mol. The van der Waals surface area contributed by atoms with E-state index in [1.54, 1.807) is 18.5 Å². The van der Waals surface area contributed by atoms with Crippen LogP contribution < -0.4 is 0 Å².